The molecule has 160 valence electrons. The van der Waals surface area contributed by atoms with Crippen molar-refractivity contribution >= 4 is 23.6 Å². The van der Waals surface area contributed by atoms with Crippen LogP contribution in [-0.4, -0.2) is 88.0 Å². The molecular weight excluding hydrogens is 378 g/mol. The fourth-order valence-electron chi connectivity index (χ4n) is 4.66. The van der Waals surface area contributed by atoms with Gasteiger partial charge in [-0.25, -0.2) is 4.79 Å². The minimum absolute atomic E-state index is 0.0103. The number of β-lactam (4-membered cyclic amide) rings is 1. The molecule has 0 aromatic carbocycles. The Kier molecular flexibility index (Phi) is 5.95. The quantitative estimate of drug-likeness (QED) is 0.234. The maximum absolute atomic E-state index is 12.4. The van der Waals surface area contributed by atoms with Crippen LogP contribution in [0.3, 0.4) is 0 Å². The number of amidine groups is 1. The number of nitrogens with two attached hydrogens (primary N) is 1. The molecule has 3 aliphatic heterocycles. The van der Waals surface area contributed by atoms with Gasteiger partial charge >= 0.3 is 5.97 Å². The average Bonchev–Trinajstić information content (AvgIpc) is 3.15. The molecule has 10 nitrogen and oxygen atoms in total. The number of fused-ring (bicyclic) bond motifs is 1. The van der Waals surface area contributed by atoms with Gasteiger partial charge in [-0.2, -0.15) is 0 Å². The van der Waals surface area contributed by atoms with Crippen LogP contribution < -0.4 is 11.1 Å². The van der Waals surface area contributed by atoms with Crippen LogP contribution in [-0.2, 0) is 14.4 Å². The lowest BCUT2D eigenvalue weighted by atomic mass is 9.77. The predicted molar refractivity (Wildman–Crippen MR) is 105 cm³/mol. The smallest absolute Gasteiger partial charge is 0.352 e. The van der Waals surface area contributed by atoms with Crippen LogP contribution in [0.2, 0.25) is 0 Å². The second-order valence-electron chi connectivity index (χ2n) is 8.18. The van der Waals surface area contributed by atoms with E-state index in [1.54, 1.807) is 13.8 Å². The van der Waals surface area contributed by atoms with Crippen LogP contribution in [0, 0.1) is 11.8 Å². The number of hydrogen-bond donors (Lipinski definition) is 4. The van der Waals surface area contributed by atoms with E-state index < -0.39 is 18.0 Å². The molecule has 2 amide bonds. The highest BCUT2D eigenvalue weighted by molar-refractivity contribution is 6.00. The third-order valence-corrected chi connectivity index (χ3v) is 6.02. The third-order valence-electron chi connectivity index (χ3n) is 6.02. The van der Waals surface area contributed by atoms with Crippen molar-refractivity contribution in [2.75, 3.05) is 26.2 Å². The Morgan fingerprint density at radius 2 is 2.10 bits per heavy atom. The van der Waals surface area contributed by atoms with E-state index in [1.807, 2.05) is 6.92 Å². The van der Waals surface area contributed by atoms with E-state index in [9.17, 15) is 24.6 Å². The average molecular weight is 407 g/mol. The van der Waals surface area contributed by atoms with Gasteiger partial charge in [-0.05, 0) is 25.8 Å². The maximum atomic E-state index is 12.4. The van der Waals surface area contributed by atoms with E-state index in [1.165, 1.54) is 4.90 Å². The van der Waals surface area contributed by atoms with Crippen molar-refractivity contribution in [2.45, 2.75) is 45.4 Å². The van der Waals surface area contributed by atoms with Gasteiger partial charge in [0.2, 0.25) is 11.8 Å². The van der Waals surface area contributed by atoms with Crippen LogP contribution >= 0.6 is 0 Å². The number of likely N-dealkylation sites (tertiary alicyclic amines) is 1. The topological polar surface area (TPSA) is 149 Å². The fraction of sp³-hybridized carbons (Fsp3) is 0.684. The van der Waals surface area contributed by atoms with Crippen molar-refractivity contribution in [1.29, 1.82) is 0 Å². The summed E-state index contributed by atoms with van der Waals surface area (Å²) in [5.41, 5.74) is 6.19. The number of nitrogens with one attached hydrogen (secondary N) is 1. The van der Waals surface area contributed by atoms with Crippen molar-refractivity contribution in [3.05, 3.63) is 11.3 Å². The summed E-state index contributed by atoms with van der Waals surface area (Å²) in [6, 6.07) is -0.343. The highest BCUT2D eigenvalue weighted by atomic mass is 16.4. The number of aliphatic hydroxyl groups excluding tert-OH is 1. The zero-order valence-electron chi connectivity index (χ0n) is 17.0. The third kappa shape index (κ3) is 3.99. The SMILES string of the molecule is CC(N)=NCC(=O)NC1CCN(CC2=C(C(=O)O)N3C(=O)C([C@@H](C)O)C3[C@H]2C)C1. The zero-order chi connectivity index (χ0) is 21.5. The van der Waals surface area contributed by atoms with Gasteiger partial charge in [0.1, 0.15) is 12.2 Å². The molecule has 0 aromatic heterocycles. The van der Waals surface area contributed by atoms with E-state index in [2.05, 4.69) is 15.2 Å². The van der Waals surface area contributed by atoms with Crippen molar-refractivity contribution < 1.29 is 24.6 Å². The Bertz CT molecular complexity index is 773. The van der Waals surface area contributed by atoms with E-state index in [4.69, 9.17) is 5.73 Å². The lowest BCUT2D eigenvalue weighted by molar-refractivity contribution is -0.163. The van der Waals surface area contributed by atoms with Gasteiger partial charge in [-0.1, -0.05) is 6.92 Å². The van der Waals surface area contributed by atoms with Gasteiger partial charge in [-0.15, -0.1) is 0 Å². The number of hydrogen-bond acceptors (Lipinski definition) is 6. The molecule has 5 atom stereocenters. The molecule has 5 N–H and O–H groups in total. The number of aliphatic carboxylic acids is 1. The van der Waals surface area contributed by atoms with E-state index >= 15 is 0 Å². The molecule has 3 aliphatic rings. The number of amides is 2. The summed E-state index contributed by atoms with van der Waals surface area (Å²) in [6.45, 7) is 6.81. The number of carboxylic acids is 1. The summed E-state index contributed by atoms with van der Waals surface area (Å²) < 4.78 is 0. The van der Waals surface area contributed by atoms with Crippen molar-refractivity contribution in [1.82, 2.24) is 15.1 Å². The van der Waals surface area contributed by atoms with Crippen LogP contribution in [0.25, 0.3) is 0 Å². The minimum Gasteiger partial charge on any atom is -0.477 e. The lowest BCUT2D eigenvalue weighted by Gasteiger charge is -2.46. The molecule has 0 aliphatic carbocycles. The van der Waals surface area contributed by atoms with Gasteiger partial charge < -0.3 is 26.2 Å². The number of carbonyl (C=O) groups excluding carboxylic acids is 2. The normalized spacial score (nSPS) is 31.0. The number of carboxylic acid groups (broad SMARTS) is 1. The molecule has 29 heavy (non-hydrogen) atoms. The Balaban J connectivity index is 1.65. The molecule has 3 heterocycles. The van der Waals surface area contributed by atoms with Crippen LogP contribution in [0.4, 0.5) is 0 Å². The summed E-state index contributed by atoms with van der Waals surface area (Å²) in [7, 11) is 0. The zero-order valence-corrected chi connectivity index (χ0v) is 17.0. The molecule has 0 aromatic rings. The first kappa shape index (κ1) is 21.3. The van der Waals surface area contributed by atoms with Gasteiger partial charge in [0.25, 0.3) is 0 Å². The molecule has 2 saturated heterocycles. The summed E-state index contributed by atoms with van der Waals surface area (Å²) in [6.07, 6.45) is -0.0597. The number of carbonyl (C=O) groups is 3. The van der Waals surface area contributed by atoms with Gasteiger partial charge in [0, 0.05) is 31.6 Å². The lowest BCUT2D eigenvalue weighted by Crippen LogP contribution is -2.63. The second kappa shape index (κ2) is 8.11. The predicted octanol–water partition coefficient (Wildman–Crippen LogP) is -1.25. The minimum atomic E-state index is -1.12. The van der Waals surface area contributed by atoms with Crippen LogP contribution in [0.15, 0.2) is 16.3 Å². The van der Waals surface area contributed by atoms with Crippen LogP contribution in [0.1, 0.15) is 27.2 Å². The molecule has 0 spiro atoms. The molecule has 3 unspecified atom stereocenters. The Morgan fingerprint density at radius 1 is 1.41 bits per heavy atom. The molecule has 3 rings (SSSR count). The van der Waals surface area contributed by atoms with Gasteiger partial charge in [0.15, 0.2) is 0 Å². The molecular formula is C19H29N5O5. The second-order valence-corrected chi connectivity index (χ2v) is 8.18. The first-order chi connectivity index (χ1) is 13.6. The summed E-state index contributed by atoms with van der Waals surface area (Å²) >= 11 is 0. The molecule has 2 fully saturated rings. The van der Waals surface area contributed by atoms with Crippen molar-refractivity contribution in [3.8, 4) is 0 Å². The Morgan fingerprint density at radius 3 is 2.69 bits per heavy atom. The van der Waals surface area contributed by atoms with Crippen molar-refractivity contribution in [3.63, 3.8) is 0 Å². The molecule has 0 bridgehead atoms. The van der Waals surface area contributed by atoms with Crippen molar-refractivity contribution in [2.24, 2.45) is 22.6 Å². The first-order valence-electron chi connectivity index (χ1n) is 9.87. The largest absolute Gasteiger partial charge is 0.477 e. The highest BCUT2D eigenvalue weighted by Gasteiger charge is 2.59. The number of aliphatic imine (C=N–C) groups is 1. The first-order valence-corrected chi connectivity index (χ1v) is 9.87. The maximum Gasteiger partial charge on any atom is 0.352 e. The fourth-order valence-corrected chi connectivity index (χ4v) is 4.66. The van der Waals surface area contributed by atoms with Gasteiger partial charge in [-0.3, -0.25) is 19.5 Å². The number of aliphatic hydroxyl groups is 1. The molecule has 10 heteroatoms. The summed E-state index contributed by atoms with van der Waals surface area (Å²) in [4.78, 5) is 43.5. The Hall–Kier alpha value is -2.46. The van der Waals surface area contributed by atoms with E-state index in [0.29, 0.717) is 31.0 Å². The monoisotopic (exact) mass is 407 g/mol. The number of rotatable bonds is 7. The van der Waals surface area contributed by atoms with Gasteiger partial charge in [0.05, 0.1) is 23.9 Å². The molecule has 0 radical (unpaired) electrons. The number of nitrogens with zero attached hydrogens (tertiary/aromatic N) is 3. The Labute approximate surface area is 169 Å². The highest BCUT2D eigenvalue weighted by Crippen LogP contribution is 2.47. The van der Waals surface area contributed by atoms with E-state index in [-0.39, 0.29) is 42.1 Å². The van der Waals surface area contributed by atoms with E-state index in [0.717, 1.165) is 6.42 Å². The summed E-state index contributed by atoms with van der Waals surface area (Å²) in [5, 5.41) is 22.5. The standard InChI is InChI=1S/C19H29N5O5/c1-9-13(17(19(28)29)24-16(9)15(10(2)25)18(24)27)8-23-5-4-12(7-23)22-14(26)6-21-11(3)20/h9-10,12,15-16,25H,4-8H2,1-3H3,(H2,20,21)(H,22,26)(H,28,29)/t9-,10+,12?,15?,16?/m0/s1. The summed E-state index contributed by atoms with van der Waals surface area (Å²) in [5.74, 6) is -2.00. The molecule has 0 saturated carbocycles. The van der Waals surface area contributed by atoms with Crippen LogP contribution in [0.5, 0.6) is 0 Å².